The van der Waals surface area contributed by atoms with E-state index in [2.05, 4.69) is 51.4 Å². The van der Waals surface area contributed by atoms with Crippen molar-refractivity contribution in [1.82, 2.24) is 9.97 Å². The first-order chi connectivity index (χ1) is 8.69. The number of benzene rings is 1. The number of nitrogens with zero attached hydrogens (tertiary/aromatic N) is 3. The topological polar surface area (TPSA) is 41.0 Å². The van der Waals surface area contributed by atoms with Crippen molar-refractivity contribution >= 4 is 11.6 Å². The Balaban J connectivity index is 2.13. The third-order valence-electron chi connectivity index (χ3n) is 2.80. The Morgan fingerprint density at radius 2 is 2.06 bits per heavy atom. The Bertz CT molecular complexity index is 525. The summed E-state index contributed by atoms with van der Waals surface area (Å²) in [6.45, 7) is 2.94. The lowest BCUT2D eigenvalue weighted by atomic mass is 10.1. The largest absolute Gasteiger partial charge is 0.373 e. The number of aryl methyl sites for hydroxylation is 1. The van der Waals surface area contributed by atoms with Gasteiger partial charge in [-0.05, 0) is 12.5 Å². The molecule has 0 saturated carbocycles. The standard InChI is InChI=1S/C14H18N4/c1-11-5-4-6-12(7-11)9-18(3)14-8-13(15-2)16-10-17-14/h4-8,10H,9H2,1-3H3,(H,15,16,17). The summed E-state index contributed by atoms with van der Waals surface area (Å²) in [7, 11) is 3.89. The molecule has 0 spiro atoms. The molecule has 0 aliphatic heterocycles. The minimum atomic E-state index is 0.830. The van der Waals surface area contributed by atoms with Gasteiger partial charge >= 0.3 is 0 Å². The molecule has 1 heterocycles. The average Bonchev–Trinajstić information content (AvgIpc) is 2.39. The molecule has 1 aromatic heterocycles. The third kappa shape index (κ3) is 2.97. The molecular weight excluding hydrogens is 224 g/mol. The molecule has 4 nitrogen and oxygen atoms in total. The molecule has 2 rings (SSSR count). The van der Waals surface area contributed by atoms with Crippen molar-refractivity contribution in [1.29, 1.82) is 0 Å². The molecular formula is C14H18N4. The molecule has 4 heteroatoms. The highest BCUT2D eigenvalue weighted by atomic mass is 15.2. The second kappa shape index (κ2) is 5.49. The minimum absolute atomic E-state index is 0.830. The van der Waals surface area contributed by atoms with Crippen molar-refractivity contribution in [3.8, 4) is 0 Å². The van der Waals surface area contributed by atoms with Gasteiger partial charge in [-0.15, -0.1) is 0 Å². The van der Waals surface area contributed by atoms with E-state index >= 15 is 0 Å². The molecule has 1 aromatic carbocycles. The van der Waals surface area contributed by atoms with E-state index < -0.39 is 0 Å². The molecule has 0 bridgehead atoms. The van der Waals surface area contributed by atoms with Crippen LogP contribution >= 0.6 is 0 Å². The van der Waals surface area contributed by atoms with E-state index in [1.807, 2.05) is 20.2 Å². The highest BCUT2D eigenvalue weighted by Gasteiger charge is 2.04. The van der Waals surface area contributed by atoms with E-state index in [1.165, 1.54) is 11.1 Å². The Kier molecular flexibility index (Phi) is 3.77. The Labute approximate surface area is 108 Å². The first kappa shape index (κ1) is 12.4. The van der Waals surface area contributed by atoms with E-state index in [-0.39, 0.29) is 0 Å². The molecule has 0 atom stereocenters. The zero-order valence-electron chi connectivity index (χ0n) is 11.0. The monoisotopic (exact) mass is 242 g/mol. The number of rotatable bonds is 4. The summed E-state index contributed by atoms with van der Waals surface area (Å²) in [5, 5.41) is 3.02. The molecule has 0 aliphatic rings. The van der Waals surface area contributed by atoms with Crippen LogP contribution in [0.3, 0.4) is 0 Å². The molecule has 0 unspecified atom stereocenters. The van der Waals surface area contributed by atoms with Gasteiger partial charge in [-0.25, -0.2) is 9.97 Å². The molecule has 0 radical (unpaired) electrons. The lowest BCUT2D eigenvalue weighted by Crippen LogP contribution is -2.18. The van der Waals surface area contributed by atoms with Crippen LogP contribution in [0.4, 0.5) is 11.6 Å². The summed E-state index contributed by atoms with van der Waals surface area (Å²) in [5.41, 5.74) is 2.56. The number of nitrogens with one attached hydrogen (secondary N) is 1. The van der Waals surface area contributed by atoms with Crippen LogP contribution < -0.4 is 10.2 Å². The number of anilines is 2. The summed E-state index contributed by atoms with van der Waals surface area (Å²) in [6.07, 6.45) is 1.58. The highest BCUT2D eigenvalue weighted by Crippen LogP contribution is 2.15. The molecule has 2 aromatic rings. The summed E-state index contributed by atoms with van der Waals surface area (Å²) >= 11 is 0. The number of hydrogen-bond acceptors (Lipinski definition) is 4. The molecule has 0 saturated heterocycles. The SMILES string of the molecule is CNc1cc(N(C)Cc2cccc(C)c2)ncn1. The Hall–Kier alpha value is -2.10. The summed E-state index contributed by atoms with van der Waals surface area (Å²) in [5.74, 6) is 1.74. The van der Waals surface area contributed by atoms with Crippen molar-refractivity contribution < 1.29 is 0 Å². The Morgan fingerprint density at radius 3 is 2.78 bits per heavy atom. The van der Waals surface area contributed by atoms with Gasteiger partial charge in [0, 0.05) is 26.7 Å². The van der Waals surface area contributed by atoms with Crippen molar-refractivity contribution in [2.45, 2.75) is 13.5 Å². The fraction of sp³-hybridized carbons (Fsp3) is 0.286. The van der Waals surface area contributed by atoms with Gasteiger partial charge in [-0.3, -0.25) is 0 Å². The zero-order chi connectivity index (χ0) is 13.0. The molecule has 0 amide bonds. The van der Waals surface area contributed by atoms with Crippen LogP contribution in [0.2, 0.25) is 0 Å². The maximum atomic E-state index is 4.28. The highest BCUT2D eigenvalue weighted by molar-refractivity contribution is 5.48. The lowest BCUT2D eigenvalue weighted by Gasteiger charge is -2.18. The normalized spacial score (nSPS) is 10.2. The Morgan fingerprint density at radius 1 is 1.22 bits per heavy atom. The summed E-state index contributed by atoms with van der Waals surface area (Å²) in [6, 6.07) is 10.4. The summed E-state index contributed by atoms with van der Waals surface area (Å²) < 4.78 is 0. The fourth-order valence-electron chi connectivity index (χ4n) is 1.86. The average molecular weight is 242 g/mol. The zero-order valence-corrected chi connectivity index (χ0v) is 11.0. The molecule has 94 valence electrons. The van der Waals surface area contributed by atoms with E-state index in [1.54, 1.807) is 6.33 Å². The third-order valence-corrected chi connectivity index (χ3v) is 2.80. The van der Waals surface area contributed by atoms with E-state index in [9.17, 15) is 0 Å². The molecule has 0 aliphatic carbocycles. The summed E-state index contributed by atoms with van der Waals surface area (Å²) in [4.78, 5) is 10.5. The minimum Gasteiger partial charge on any atom is -0.373 e. The van der Waals surface area contributed by atoms with Gasteiger partial charge in [-0.2, -0.15) is 0 Å². The van der Waals surface area contributed by atoms with Crippen molar-refractivity contribution in [3.63, 3.8) is 0 Å². The van der Waals surface area contributed by atoms with Gasteiger partial charge in [0.25, 0.3) is 0 Å². The smallest absolute Gasteiger partial charge is 0.134 e. The van der Waals surface area contributed by atoms with E-state index in [0.717, 1.165) is 18.2 Å². The van der Waals surface area contributed by atoms with Gasteiger partial charge < -0.3 is 10.2 Å². The van der Waals surface area contributed by atoms with Crippen LogP contribution in [-0.2, 0) is 6.54 Å². The number of aromatic nitrogens is 2. The predicted octanol–water partition coefficient (Wildman–Crippen LogP) is 2.46. The fourth-order valence-corrected chi connectivity index (χ4v) is 1.86. The first-order valence-corrected chi connectivity index (χ1v) is 5.95. The van der Waals surface area contributed by atoms with Gasteiger partial charge in [0.2, 0.25) is 0 Å². The predicted molar refractivity (Wildman–Crippen MR) is 74.9 cm³/mol. The van der Waals surface area contributed by atoms with E-state index in [4.69, 9.17) is 0 Å². The van der Waals surface area contributed by atoms with Crippen molar-refractivity contribution in [2.75, 3.05) is 24.3 Å². The van der Waals surface area contributed by atoms with Crippen molar-refractivity contribution in [3.05, 3.63) is 47.8 Å². The maximum Gasteiger partial charge on any atom is 0.134 e. The van der Waals surface area contributed by atoms with Gasteiger partial charge in [-0.1, -0.05) is 29.8 Å². The molecule has 18 heavy (non-hydrogen) atoms. The lowest BCUT2D eigenvalue weighted by molar-refractivity contribution is 0.890. The van der Waals surface area contributed by atoms with Gasteiger partial charge in [0.1, 0.15) is 18.0 Å². The molecule has 1 N–H and O–H groups in total. The quantitative estimate of drug-likeness (QED) is 0.894. The van der Waals surface area contributed by atoms with Crippen LogP contribution in [0, 0.1) is 6.92 Å². The number of hydrogen-bond donors (Lipinski definition) is 1. The van der Waals surface area contributed by atoms with Crippen LogP contribution in [0.5, 0.6) is 0 Å². The van der Waals surface area contributed by atoms with Crippen LogP contribution in [0.15, 0.2) is 36.7 Å². The molecule has 0 fully saturated rings. The van der Waals surface area contributed by atoms with Crippen LogP contribution in [-0.4, -0.2) is 24.1 Å². The van der Waals surface area contributed by atoms with E-state index in [0.29, 0.717) is 0 Å². The van der Waals surface area contributed by atoms with Gasteiger partial charge in [0.05, 0.1) is 0 Å². The first-order valence-electron chi connectivity index (χ1n) is 5.95. The second-order valence-electron chi connectivity index (χ2n) is 4.36. The van der Waals surface area contributed by atoms with Gasteiger partial charge in [0.15, 0.2) is 0 Å². The van der Waals surface area contributed by atoms with Crippen molar-refractivity contribution in [2.24, 2.45) is 0 Å². The van der Waals surface area contributed by atoms with Crippen LogP contribution in [0.25, 0.3) is 0 Å². The maximum absolute atomic E-state index is 4.28. The second-order valence-corrected chi connectivity index (χ2v) is 4.36. The van der Waals surface area contributed by atoms with Crippen LogP contribution in [0.1, 0.15) is 11.1 Å².